The summed E-state index contributed by atoms with van der Waals surface area (Å²) in [4.78, 5) is 146. The molecule has 2 bridgehead atoms. The van der Waals surface area contributed by atoms with Gasteiger partial charge in [0, 0.05) is 38.4 Å². The number of ketones is 1. The Bertz CT molecular complexity index is 3710. The summed E-state index contributed by atoms with van der Waals surface area (Å²) in [5.41, 5.74) is -0.255. The van der Waals surface area contributed by atoms with Crippen LogP contribution in [0.15, 0.2) is 103 Å². The second kappa shape index (κ2) is 32.8. The highest BCUT2D eigenvalue weighted by atomic mass is 16.5. The maximum absolute atomic E-state index is 15.4. The lowest BCUT2D eigenvalue weighted by atomic mass is 9.85. The Labute approximate surface area is 565 Å². The van der Waals surface area contributed by atoms with Crippen LogP contribution in [0, 0.1) is 16.7 Å². The van der Waals surface area contributed by atoms with E-state index in [1.807, 2.05) is 84.9 Å². The third-order valence-corrected chi connectivity index (χ3v) is 18.4. The van der Waals surface area contributed by atoms with Gasteiger partial charge < -0.3 is 66.7 Å². The molecule has 97 heavy (non-hydrogen) atoms. The predicted octanol–water partition coefficient (Wildman–Crippen LogP) is 3.93. The van der Waals surface area contributed by atoms with Crippen molar-refractivity contribution in [3.05, 3.63) is 120 Å². The van der Waals surface area contributed by atoms with Gasteiger partial charge in [-0.25, -0.2) is 14.3 Å². The van der Waals surface area contributed by atoms with Crippen LogP contribution in [-0.2, 0) is 76.9 Å². The highest BCUT2D eigenvalue weighted by molar-refractivity contribution is 5.98. The SMILES string of the molecule is CN[C@@H](C)C(=O)N[C@H](C(=O)N1CC[C@H]2OCc3cn(nn3)[C@H](C(=O)O)CCNC(=O)[C@H](Cc3ccc4ccccc4c3)NC(=O)[C@@H]3[C@@H](CCN3C(=O)[C@@H](NC(=O)[C@H](C)NC)C(C)(C)C)OC/C=C/CC[C@@H](C(=O)O)NC(=O)[C@H](Cc3ccc4ccccc4c3)CC(=O)[C@H]21)C(C)(C)C. The van der Waals surface area contributed by atoms with Gasteiger partial charge in [0.05, 0.1) is 43.7 Å². The molecule has 7 amide bonds. The molecule has 5 aromatic rings. The van der Waals surface area contributed by atoms with Gasteiger partial charge in [0.1, 0.15) is 41.9 Å². The first kappa shape index (κ1) is 73.8. The van der Waals surface area contributed by atoms with Crippen molar-refractivity contribution >= 4 is 80.6 Å². The Morgan fingerprint density at radius 1 is 0.629 bits per heavy atom. The number of rotatable bonds is 14. The third-order valence-electron chi connectivity index (χ3n) is 18.4. The number of ether oxygens (including phenoxy) is 2. The van der Waals surface area contributed by atoms with Crippen molar-refractivity contribution < 1.29 is 67.6 Å². The van der Waals surface area contributed by atoms with Crippen LogP contribution < -0.4 is 37.2 Å². The van der Waals surface area contributed by atoms with Gasteiger partial charge in [0.15, 0.2) is 11.8 Å². The molecule has 1 aromatic heterocycles. The average molecular weight is 1340 g/mol. The monoisotopic (exact) mass is 1340 g/mol. The second-order valence-electron chi connectivity index (χ2n) is 27.7. The molecular weight excluding hydrogens is 1240 g/mol. The predicted molar refractivity (Wildman–Crippen MR) is 361 cm³/mol. The van der Waals surface area contributed by atoms with Gasteiger partial charge in [0.2, 0.25) is 41.4 Å². The second-order valence-corrected chi connectivity index (χ2v) is 27.7. The molecule has 0 radical (unpaired) electrons. The molecule has 8 rings (SSSR count). The highest BCUT2D eigenvalue weighted by Gasteiger charge is 2.50. The standard InChI is InChI=1S/C71H94N12O14/c1-41(72-9)61(85)77-59(70(3,4)5)66(90)81-31-28-55-57(81)54(84)38-49(36-43-23-25-45-18-13-15-20-47(45)34-43)63(87)75-51(68(92)93)22-12-11-17-33-96-56-29-32-82(67(91)60(71(6,7)8)78-62(86)42(2)73-10)58(56)65(89)76-52(37-44-24-26-46-19-14-16-21-48(46)35-44)64(88)74-30-27-53(69(94)95)83-39-50(40-97-55)79-80-83/h11,13-21,23-26,34-35,39,41-42,49,51-53,55-60,72-73H,12,22,27-33,36-38,40H2,1-10H3,(H,74,88)(H,75,87)(H,76,89)(H,77,85)(H,78,86)(H,92,93)(H,94,95)/b17-11+/t41-,42-,49+,51-,52-,53-,55+,56+,57+,58-,59+,60+/m0/s1. The number of nitrogens with one attached hydrogen (secondary N) is 7. The van der Waals surface area contributed by atoms with Gasteiger partial charge in [-0.15, -0.1) is 5.10 Å². The van der Waals surface area contributed by atoms with Gasteiger partial charge in [-0.2, -0.15) is 0 Å². The van der Waals surface area contributed by atoms with E-state index in [9.17, 15) is 43.8 Å². The number of aromatic nitrogens is 3. The van der Waals surface area contributed by atoms with Crippen LogP contribution in [0.25, 0.3) is 21.5 Å². The summed E-state index contributed by atoms with van der Waals surface area (Å²) in [6.07, 6.45) is 2.13. The highest BCUT2D eigenvalue weighted by Crippen LogP contribution is 2.33. The van der Waals surface area contributed by atoms with Crippen LogP contribution in [0.1, 0.15) is 117 Å². The summed E-state index contributed by atoms with van der Waals surface area (Å²) < 4.78 is 14.0. The number of benzene rings is 4. The molecule has 26 nitrogen and oxygen atoms in total. The third kappa shape index (κ3) is 19.0. The number of amides is 7. The van der Waals surface area contributed by atoms with E-state index in [2.05, 4.69) is 47.5 Å². The number of likely N-dealkylation sites (N-methyl/N-ethyl adjacent to an activating group) is 2. The molecule has 26 heteroatoms. The summed E-state index contributed by atoms with van der Waals surface area (Å²) in [5, 5.41) is 53.3. The first-order valence-corrected chi connectivity index (χ1v) is 33.2. The smallest absolute Gasteiger partial charge is 0.328 e. The van der Waals surface area contributed by atoms with Crippen molar-refractivity contribution in [1.29, 1.82) is 0 Å². The van der Waals surface area contributed by atoms with E-state index in [4.69, 9.17) is 9.47 Å². The lowest BCUT2D eigenvalue weighted by Gasteiger charge is -2.36. The number of carbonyl (C=O) groups excluding carboxylic acids is 8. The molecule has 2 saturated heterocycles. The van der Waals surface area contributed by atoms with Gasteiger partial charge in [-0.05, 0) is 110 Å². The number of fused-ring (bicyclic) bond motifs is 6. The largest absolute Gasteiger partial charge is 0.480 e. The molecule has 4 heterocycles. The van der Waals surface area contributed by atoms with E-state index in [1.54, 1.807) is 81.6 Å². The molecule has 3 aliphatic heterocycles. The van der Waals surface area contributed by atoms with E-state index >= 15 is 14.4 Å². The fourth-order valence-corrected chi connectivity index (χ4v) is 12.6. The quantitative estimate of drug-likeness (QED) is 0.0711. The Morgan fingerprint density at radius 3 is 1.70 bits per heavy atom. The average Bonchev–Trinajstić information content (AvgIpc) is 1.70. The number of carboxylic acid groups (broad SMARTS) is 2. The Hall–Kier alpha value is -8.98. The molecule has 9 N–H and O–H groups in total. The minimum absolute atomic E-state index is 0.00753. The fraction of sp³-hybridized carbons (Fsp3) is 0.521. The molecule has 12 atom stereocenters. The van der Waals surface area contributed by atoms with E-state index in [0.717, 1.165) is 26.2 Å². The molecule has 522 valence electrons. The van der Waals surface area contributed by atoms with Crippen LogP contribution in [-0.4, -0.2) is 195 Å². The summed E-state index contributed by atoms with van der Waals surface area (Å²) in [6.45, 7) is 13.3. The number of carbonyl (C=O) groups is 10. The zero-order valence-electron chi connectivity index (χ0n) is 57.0. The Kier molecular flexibility index (Phi) is 25.0. The fourth-order valence-electron chi connectivity index (χ4n) is 12.6. The molecule has 0 unspecified atom stereocenters. The zero-order valence-corrected chi connectivity index (χ0v) is 57.0. The molecule has 0 saturated carbocycles. The summed E-state index contributed by atoms with van der Waals surface area (Å²) in [7, 11) is 3.21. The first-order chi connectivity index (χ1) is 46.1. The lowest BCUT2D eigenvalue weighted by molar-refractivity contribution is -0.147. The van der Waals surface area contributed by atoms with Crippen molar-refractivity contribution in [2.75, 3.05) is 40.3 Å². The first-order valence-electron chi connectivity index (χ1n) is 33.2. The number of aliphatic carboxylic acids is 2. The van der Waals surface area contributed by atoms with Crippen LogP contribution in [0.5, 0.6) is 0 Å². The number of allylic oxidation sites excluding steroid dienone is 1. The van der Waals surface area contributed by atoms with Gasteiger partial charge in [0.25, 0.3) is 0 Å². The zero-order chi connectivity index (χ0) is 70.5. The minimum Gasteiger partial charge on any atom is -0.480 e. The van der Waals surface area contributed by atoms with Crippen molar-refractivity contribution in [1.82, 2.24) is 62.0 Å². The van der Waals surface area contributed by atoms with E-state index < -0.39 is 149 Å². The topological polar surface area (TPSA) is 351 Å². The number of Topliss-reactive ketones (excluding diaryl/α,β-unsaturated/α-hetero) is 1. The van der Waals surface area contributed by atoms with Crippen molar-refractivity contribution in [2.24, 2.45) is 16.7 Å². The van der Waals surface area contributed by atoms with Crippen molar-refractivity contribution in [3.63, 3.8) is 0 Å². The molecule has 0 aliphatic carbocycles. The lowest BCUT2D eigenvalue weighted by Crippen LogP contribution is -2.62. The van der Waals surface area contributed by atoms with Crippen molar-refractivity contribution in [3.8, 4) is 0 Å². The number of hydrogen-bond acceptors (Lipinski definition) is 16. The molecule has 4 aromatic carbocycles. The van der Waals surface area contributed by atoms with Gasteiger partial charge >= 0.3 is 11.9 Å². The number of carboxylic acids is 2. The Balaban J connectivity index is 1.15. The van der Waals surface area contributed by atoms with E-state index in [1.165, 1.54) is 16.0 Å². The number of nitrogens with zero attached hydrogens (tertiary/aromatic N) is 5. The van der Waals surface area contributed by atoms with Crippen molar-refractivity contribution in [2.45, 2.75) is 180 Å². The van der Waals surface area contributed by atoms with Crippen LogP contribution in [0.2, 0.25) is 0 Å². The number of hydrogen-bond donors (Lipinski definition) is 9. The maximum Gasteiger partial charge on any atom is 0.328 e. The minimum atomic E-state index is -1.45. The molecule has 3 aliphatic rings. The van der Waals surface area contributed by atoms with Crippen LogP contribution >= 0.6 is 0 Å². The summed E-state index contributed by atoms with van der Waals surface area (Å²) in [5.74, 6) is -8.65. The van der Waals surface area contributed by atoms with Gasteiger partial charge in [-0.3, -0.25) is 38.4 Å². The molecule has 2 fully saturated rings. The van der Waals surface area contributed by atoms with E-state index in [0.29, 0.717) is 11.1 Å². The molecular formula is C71H94N12O14. The number of likely N-dealkylation sites (tertiary alicyclic amines) is 2. The van der Waals surface area contributed by atoms with Crippen LogP contribution in [0.4, 0.5) is 0 Å². The summed E-state index contributed by atoms with van der Waals surface area (Å²) in [6, 6.07) is 15.9. The van der Waals surface area contributed by atoms with Crippen LogP contribution in [0.3, 0.4) is 0 Å². The summed E-state index contributed by atoms with van der Waals surface area (Å²) >= 11 is 0. The maximum atomic E-state index is 15.4. The van der Waals surface area contributed by atoms with E-state index in [-0.39, 0.29) is 83.5 Å². The molecule has 0 spiro atoms. The van der Waals surface area contributed by atoms with Gasteiger partial charge in [-0.1, -0.05) is 144 Å². The Morgan fingerprint density at radius 2 is 1.16 bits per heavy atom. The normalized spacial score (nSPS) is 23.9.